The molecule has 1 heterocycles. The molecule has 0 aliphatic carbocycles. The number of hydrogen-bond donors (Lipinski definition) is 1. The van der Waals surface area contributed by atoms with Crippen molar-refractivity contribution in [2.75, 3.05) is 13.1 Å². The lowest BCUT2D eigenvalue weighted by atomic mass is 10.3. The van der Waals surface area contributed by atoms with Crippen molar-refractivity contribution in [3.8, 4) is 5.75 Å². The Bertz CT molecular complexity index is 367. The van der Waals surface area contributed by atoms with Crippen LogP contribution in [0.1, 0.15) is 6.42 Å². The molecule has 1 unspecified atom stereocenters. The van der Waals surface area contributed by atoms with Crippen molar-refractivity contribution in [2.45, 2.75) is 12.5 Å². The summed E-state index contributed by atoms with van der Waals surface area (Å²) in [4.78, 5) is 0. The van der Waals surface area contributed by atoms with E-state index in [0.717, 1.165) is 31.6 Å². The molecule has 2 nitrogen and oxygen atoms in total. The van der Waals surface area contributed by atoms with Gasteiger partial charge >= 0.3 is 0 Å². The molecule has 1 N–H and O–H groups in total. The number of halogens is 3. The Hall–Kier alpha value is -0.680. The number of nitrogens with one attached hydrogen (secondary N) is 1. The first-order valence-electron chi connectivity index (χ1n) is 4.69. The lowest BCUT2D eigenvalue weighted by molar-refractivity contribution is 0.220. The molecule has 2 rings (SSSR count). The van der Waals surface area contributed by atoms with Gasteiger partial charge in [0, 0.05) is 12.6 Å². The maximum Gasteiger partial charge on any atom is 0.162 e. The molecule has 0 radical (unpaired) electrons. The van der Waals surface area contributed by atoms with E-state index in [1.165, 1.54) is 0 Å². The number of ether oxygens (including phenoxy) is 1. The molecule has 0 saturated carbocycles. The van der Waals surface area contributed by atoms with Crippen LogP contribution in [0.5, 0.6) is 5.75 Å². The Kier molecular flexibility index (Phi) is 3.21. The molecule has 1 fully saturated rings. The molecule has 0 spiro atoms. The van der Waals surface area contributed by atoms with Crippen LogP contribution < -0.4 is 10.1 Å². The van der Waals surface area contributed by atoms with E-state index in [9.17, 15) is 8.78 Å². The summed E-state index contributed by atoms with van der Waals surface area (Å²) in [5, 5.41) is 3.13. The van der Waals surface area contributed by atoms with Crippen LogP contribution in [-0.4, -0.2) is 19.2 Å². The van der Waals surface area contributed by atoms with E-state index in [4.69, 9.17) is 4.74 Å². The van der Waals surface area contributed by atoms with Crippen LogP contribution in [0.4, 0.5) is 8.78 Å². The second-order valence-electron chi connectivity index (χ2n) is 3.43. The van der Waals surface area contributed by atoms with Gasteiger partial charge < -0.3 is 10.1 Å². The highest BCUT2D eigenvalue weighted by atomic mass is 79.9. The summed E-state index contributed by atoms with van der Waals surface area (Å²) in [5.41, 5.74) is 0. The Labute approximate surface area is 94.7 Å². The van der Waals surface area contributed by atoms with Gasteiger partial charge in [-0.2, -0.15) is 0 Å². The Morgan fingerprint density at radius 1 is 1.33 bits per heavy atom. The molecule has 0 bridgehead atoms. The van der Waals surface area contributed by atoms with Crippen LogP contribution in [0.25, 0.3) is 0 Å². The Morgan fingerprint density at radius 3 is 2.73 bits per heavy atom. The van der Waals surface area contributed by atoms with E-state index in [-0.39, 0.29) is 6.10 Å². The smallest absolute Gasteiger partial charge is 0.162 e. The molecular weight excluding hydrogens is 268 g/mol. The van der Waals surface area contributed by atoms with E-state index in [1.807, 2.05) is 0 Å². The quantitative estimate of drug-likeness (QED) is 0.839. The zero-order valence-corrected chi connectivity index (χ0v) is 9.48. The first kappa shape index (κ1) is 10.8. The summed E-state index contributed by atoms with van der Waals surface area (Å²) in [5.74, 6) is -1.42. The van der Waals surface area contributed by atoms with Crippen molar-refractivity contribution in [3.63, 3.8) is 0 Å². The zero-order chi connectivity index (χ0) is 10.8. The zero-order valence-electron chi connectivity index (χ0n) is 7.90. The molecule has 0 amide bonds. The lowest BCUT2D eigenvalue weighted by Crippen LogP contribution is -2.19. The summed E-state index contributed by atoms with van der Waals surface area (Å²) in [6.45, 7) is 1.64. The normalized spacial score (nSPS) is 20.6. The van der Waals surface area contributed by atoms with Crippen LogP contribution in [0.15, 0.2) is 16.6 Å². The van der Waals surface area contributed by atoms with Gasteiger partial charge in [-0.25, -0.2) is 8.78 Å². The SMILES string of the molecule is Fc1cc(Br)c(OC2CCNC2)cc1F. The number of hydrogen-bond acceptors (Lipinski definition) is 2. The van der Waals surface area contributed by atoms with Crippen molar-refractivity contribution in [1.29, 1.82) is 0 Å². The first-order chi connectivity index (χ1) is 7.16. The predicted octanol–water partition coefficient (Wildman–Crippen LogP) is 2.47. The van der Waals surface area contributed by atoms with Crippen molar-refractivity contribution in [3.05, 3.63) is 28.2 Å². The monoisotopic (exact) mass is 277 g/mol. The standard InChI is InChI=1S/C10H10BrF2NO/c11-7-3-8(12)9(13)4-10(7)15-6-1-2-14-5-6/h3-4,6,14H,1-2,5H2. The molecule has 1 aromatic rings. The summed E-state index contributed by atoms with van der Waals surface area (Å²) in [7, 11) is 0. The van der Waals surface area contributed by atoms with Gasteiger partial charge in [-0.1, -0.05) is 0 Å². The van der Waals surface area contributed by atoms with Crippen LogP contribution in [-0.2, 0) is 0 Å². The van der Waals surface area contributed by atoms with E-state index in [1.54, 1.807) is 0 Å². The highest BCUT2D eigenvalue weighted by Gasteiger charge is 2.18. The molecule has 1 saturated heterocycles. The number of rotatable bonds is 2. The van der Waals surface area contributed by atoms with Crippen molar-refractivity contribution in [1.82, 2.24) is 5.32 Å². The molecule has 1 aromatic carbocycles. The highest BCUT2D eigenvalue weighted by molar-refractivity contribution is 9.10. The highest BCUT2D eigenvalue weighted by Crippen LogP contribution is 2.29. The summed E-state index contributed by atoms with van der Waals surface area (Å²) in [6.07, 6.45) is 0.914. The molecule has 1 aliphatic heterocycles. The molecular formula is C10H10BrF2NO. The van der Waals surface area contributed by atoms with Crippen LogP contribution in [0.2, 0.25) is 0 Å². The van der Waals surface area contributed by atoms with Gasteiger partial charge in [0.2, 0.25) is 0 Å². The van der Waals surface area contributed by atoms with Gasteiger partial charge in [0.25, 0.3) is 0 Å². The minimum absolute atomic E-state index is 0.0335. The third-order valence-electron chi connectivity index (χ3n) is 2.28. The lowest BCUT2D eigenvalue weighted by Gasteiger charge is -2.13. The minimum atomic E-state index is -0.890. The molecule has 1 atom stereocenters. The first-order valence-corrected chi connectivity index (χ1v) is 5.48. The summed E-state index contributed by atoms with van der Waals surface area (Å²) < 4.78 is 31.7. The van der Waals surface area contributed by atoms with Crippen LogP contribution >= 0.6 is 15.9 Å². The fourth-order valence-corrected chi connectivity index (χ4v) is 1.91. The van der Waals surface area contributed by atoms with Gasteiger partial charge in [-0.15, -0.1) is 0 Å². The average Bonchev–Trinajstić information content (AvgIpc) is 2.67. The van der Waals surface area contributed by atoms with E-state index >= 15 is 0 Å². The van der Waals surface area contributed by atoms with E-state index in [2.05, 4.69) is 21.2 Å². The fourth-order valence-electron chi connectivity index (χ4n) is 1.50. The maximum absolute atomic E-state index is 12.9. The maximum atomic E-state index is 12.9. The Balaban J connectivity index is 2.16. The van der Waals surface area contributed by atoms with E-state index < -0.39 is 11.6 Å². The van der Waals surface area contributed by atoms with Crippen molar-refractivity contribution < 1.29 is 13.5 Å². The van der Waals surface area contributed by atoms with Crippen LogP contribution in [0.3, 0.4) is 0 Å². The largest absolute Gasteiger partial charge is 0.488 e. The second-order valence-corrected chi connectivity index (χ2v) is 4.28. The Morgan fingerprint density at radius 2 is 2.07 bits per heavy atom. The van der Waals surface area contributed by atoms with Gasteiger partial charge in [0.1, 0.15) is 11.9 Å². The third kappa shape index (κ3) is 2.46. The van der Waals surface area contributed by atoms with Crippen molar-refractivity contribution >= 4 is 15.9 Å². The van der Waals surface area contributed by atoms with E-state index in [0.29, 0.717) is 10.2 Å². The minimum Gasteiger partial charge on any atom is -0.488 e. The summed E-state index contributed by atoms with van der Waals surface area (Å²) in [6, 6.07) is 2.14. The van der Waals surface area contributed by atoms with Crippen molar-refractivity contribution in [2.24, 2.45) is 0 Å². The molecule has 1 aliphatic rings. The van der Waals surface area contributed by atoms with Crippen LogP contribution in [0, 0.1) is 11.6 Å². The third-order valence-corrected chi connectivity index (χ3v) is 2.90. The van der Waals surface area contributed by atoms with Gasteiger partial charge in [-0.05, 0) is 35.0 Å². The average molecular weight is 278 g/mol. The van der Waals surface area contributed by atoms with Gasteiger partial charge in [0.15, 0.2) is 11.6 Å². The summed E-state index contributed by atoms with van der Waals surface area (Å²) >= 11 is 3.14. The molecule has 15 heavy (non-hydrogen) atoms. The van der Waals surface area contributed by atoms with Gasteiger partial charge in [0.05, 0.1) is 4.47 Å². The molecule has 5 heteroatoms. The second kappa shape index (κ2) is 4.45. The molecule has 82 valence electrons. The predicted molar refractivity (Wildman–Crippen MR) is 56.0 cm³/mol. The van der Waals surface area contributed by atoms with Gasteiger partial charge in [-0.3, -0.25) is 0 Å². The fraction of sp³-hybridized carbons (Fsp3) is 0.400. The molecule has 0 aromatic heterocycles. The number of benzene rings is 1. The topological polar surface area (TPSA) is 21.3 Å².